The highest BCUT2D eigenvalue weighted by Crippen LogP contribution is 2.23. The molecule has 0 saturated carbocycles. The van der Waals surface area contributed by atoms with Crippen molar-refractivity contribution in [2.75, 3.05) is 25.1 Å². The lowest BCUT2D eigenvalue weighted by Gasteiger charge is -2.18. The van der Waals surface area contributed by atoms with Crippen LogP contribution < -0.4 is 5.32 Å². The number of rotatable bonds is 8. The molecule has 1 atom stereocenters. The van der Waals surface area contributed by atoms with E-state index in [9.17, 15) is 23.1 Å². The number of thioether (sulfide) groups is 1. The molecule has 1 unspecified atom stereocenters. The van der Waals surface area contributed by atoms with Crippen LogP contribution in [0.15, 0.2) is 23.1 Å². The van der Waals surface area contributed by atoms with E-state index in [1.54, 1.807) is 13.0 Å². The largest absolute Gasteiger partial charge is 0.480 e. The minimum absolute atomic E-state index is 0.0612. The Bertz CT molecular complexity index is 773. The third kappa shape index (κ3) is 4.77. The molecule has 0 aromatic heterocycles. The maximum Gasteiger partial charge on any atom is 0.326 e. The van der Waals surface area contributed by atoms with E-state index in [1.165, 1.54) is 28.2 Å². The summed E-state index contributed by atoms with van der Waals surface area (Å²) in [5.41, 5.74) is 0.776. The number of nitrogens with one attached hydrogen (secondary N) is 1. The van der Waals surface area contributed by atoms with E-state index >= 15 is 0 Å². The summed E-state index contributed by atoms with van der Waals surface area (Å²) in [6.07, 6.45) is 3.81. The predicted molar refractivity (Wildman–Crippen MR) is 101 cm³/mol. The summed E-state index contributed by atoms with van der Waals surface area (Å²) in [6.45, 7) is 2.65. The summed E-state index contributed by atoms with van der Waals surface area (Å²) in [6, 6.07) is 3.40. The second-order valence-electron chi connectivity index (χ2n) is 6.23. The fourth-order valence-corrected chi connectivity index (χ4v) is 4.83. The standard InChI is InChI=1S/C17H24N2O5S2/c1-12-5-6-13(26(23,24)19-8-3-4-9-19)11-14(12)16(20)18-15(17(21)22)7-10-25-2/h5-6,11,15H,3-4,7-10H2,1-2H3,(H,18,20)(H,21,22). The molecule has 2 rings (SSSR count). The number of aliphatic carboxylic acids is 1. The minimum Gasteiger partial charge on any atom is -0.480 e. The van der Waals surface area contributed by atoms with Crippen molar-refractivity contribution in [2.24, 2.45) is 0 Å². The zero-order chi connectivity index (χ0) is 19.3. The van der Waals surface area contributed by atoms with Crippen molar-refractivity contribution in [1.29, 1.82) is 0 Å². The number of hydrogen-bond acceptors (Lipinski definition) is 5. The summed E-state index contributed by atoms with van der Waals surface area (Å²) in [4.78, 5) is 23.9. The van der Waals surface area contributed by atoms with Gasteiger partial charge in [0.15, 0.2) is 0 Å². The maximum absolute atomic E-state index is 12.7. The number of nitrogens with zero attached hydrogens (tertiary/aromatic N) is 1. The maximum atomic E-state index is 12.7. The molecule has 1 amide bonds. The van der Waals surface area contributed by atoms with Crippen molar-refractivity contribution in [3.05, 3.63) is 29.3 Å². The first-order chi connectivity index (χ1) is 12.3. The molecule has 9 heteroatoms. The fraction of sp³-hybridized carbons (Fsp3) is 0.529. The zero-order valence-corrected chi connectivity index (χ0v) is 16.5. The Labute approximate surface area is 158 Å². The van der Waals surface area contributed by atoms with Gasteiger partial charge in [-0.1, -0.05) is 6.07 Å². The van der Waals surface area contributed by atoms with E-state index < -0.39 is 27.9 Å². The van der Waals surface area contributed by atoms with Crippen LogP contribution in [-0.2, 0) is 14.8 Å². The molecule has 1 heterocycles. The summed E-state index contributed by atoms with van der Waals surface area (Å²) in [7, 11) is -3.64. The lowest BCUT2D eigenvalue weighted by Crippen LogP contribution is -2.41. The van der Waals surface area contributed by atoms with E-state index in [2.05, 4.69) is 5.32 Å². The molecule has 1 aromatic carbocycles. The number of carbonyl (C=O) groups is 2. The second-order valence-corrected chi connectivity index (χ2v) is 9.16. The molecule has 0 bridgehead atoms. The number of carbonyl (C=O) groups excluding carboxylic acids is 1. The van der Waals surface area contributed by atoms with Crippen molar-refractivity contribution in [3.8, 4) is 0 Å². The first kappa shape index (κ1) is 20.7. The summed E-state index contributed by atoms with van der Waals surface area (Å²) < 4.78 is 26.8. The molecule has 1 aliphatic rings. The summed E-state index contributed by atoms with van der Waals surface area (Å²) in [5.74, 6) is -1.08. The van der Waals surface area contributed by atoms with Gasteiger partial charge in [-0.05, 0) is 55.9 Å². The lowest BCUT2D eigenvalue weighted by atomic mass is 10.1. The van der Waals surface area contributed by atoms with Crippen LogP contribution in [0.2, 0.25) is 0 Å². The number of hydrogen-bond donors (Lipinski definition) is 2. The Balaban J connectivity index is 2.25. The zero-order valence-electron chi connectivity index (χ0n) is 14.9. The Hall–Kier alpha value is -1.58. The normalized spacial score (nSPS) is 16.4. The lowest BCUT2D eigenvalue weighted by molar-refractivity contribution is -0.139. The van der Waals surface area contributed by atoms with Gasteiger partial charge in [-0.15, -0.1) is 0 Å². The molecule has 0 spiro atoms. The van der Waals surface area contributed by atoms with Crippen LogP contribution in [0.25, 0.3) is 0 Å². The number of aryl methyl sites for hydroxylation is 1. The number of benzene rings is 1. The van der Waals surface area contributed by atoms with Gasteiger partial charge < -0.3 is 10.4 Å². The molecular weight excluding hydrogens is 376 g/mol. The SMILES string of the molecule is CSCCC(NC(=O)c1cc(S(=O)(=O)N2CCCC2)ccc1C)C(=O)O. The predicted octanol–water partition coefficient (Wildman–Crippen LogP) is 1.72. The highest BCUT2D eigenvalue weighted by Gasteiger charge is 2.28. The molecule has 144 valence electrons. The Morgan fingerprint density at radius 2 is 1.96 bits per heavy atom. The average Bonchev–Trinajstić information content (AvgIpc) is 3.13. The topological polar surface area (TPSA) is 104 Å². The van der Waals surface area contributed by atoms with Crippen LogP contribution in [0, 0.1) is 6.92 Å². The Kier molecular flexibility index (Phi) is 7.08. The van der Waals surface area contributed by atoms with Gasteiger partial charge in [-0.25, -0.2) is 13.2 Å². The molecule has 1 fully saturated rings. The second kappa shape index (κ2) is 8.88. The highest BCUT2D eigenvalue weighted by molar-refractivity contribution is 7.98. The Morgan fingerprint density at radius 1 is 1.31 bits per heavy atom. The molecular formula is C17H24N2O5S2. The molecule has 0 radical (unpaired) electrons. The smallest absolute Gasteiger partial charge is 0.326 e. The van der Waals surface area contributed by atoms with Gasteiger partial charge in [-0.3, -0.25) is 4.79 Å². The molecule has 26 heavy (non-hydrogen) atoms. The van der Waals surface area contributed by atoms with Gasteiger partial charge in [-0.2, -0.15) is 16.1 Å². The van der Waals surface area contributed by atoms with Crippen LogP contribution in [0.5, 0.6) is 0 Å². The third-order valence-corrected chi connectivity index (χ3v) is 6.91. The van der Waals surface area contributed by atoms with Gasteiger partial charge in [0, 0.05) is 18.7 Å². The molecule has 1 aliphatic heterocycles. The average molecular weight is 401 g/mol. The molecule has 7 nitrogen and oxygen atoms in total. The Morgan fingerprint density at radius 3 is 2.54 bits per heavy atom. The van der Waals surface area contributed by atoms with Crippen molar-refractivity contribution in [2.45, 2.75) is 37.1 Å². The van der Waals surface area contributed by atoms with Crippen molar-refractivity contribution >= 4 is 33.7 Å². The molecule has 2 N–H and O–H groups in total. The molecule has 1 aromatic rings. The van der Waals surface area contributed by atoms with Gasteiger partial charge >= 0.3 is 5.97 Å². The number of sulfonamides is 1. The van der Waals surface area contributed by atoms with Crippen LogP contribution in [0.4, 0.5) is 0 Å². The number of carboxylic acids is 1. The monoisotopic (exact) mass is 400 g/mol. The highest BCUT2D eigenvalue weighted by atomic mass is 32.2. The van der Waals surface area contributed by atoms with E-state index in [-0.39, 0.29) is 10.5 Å². The number of amides is 1. The number of carboxylic acid groups (broad SMARTS) is 1. The fourth-order valence-electron chi connectivity index (χ4n) is 2.81. The van der Waals surface area contributed by atoms with E-state index in [4.69, 9.17) is 0 Å². The van der Waals surface area contributed by atoms with E-state index in [1.807, 2.05) is 6.26 Å². The van der Waals surface area contributed by atoms with Crippen LogP contribution >= 0.6 is 11.8 Å². The van der Waals surface area contributed by atoms with E-state index in [0.29, 0.717) is 30.8 Å². The van der Waals surface area contributed by atoms with Crippen molar-refractivity contribution < 1.29 is 23.1 Å². The minimum atomic E-state index is -3.64. The van der Waals surface area contributed by atoms with Gasteiger partial charge in [0.2, 0.25) is 10.0 Å². The summed E-state index contributed by atoms with van der Waals surface area (Å²) >= 11 is 1.49. The van der Waals surface area contributed by atoms with Crippen molar-refractivity contribution in [3.63, 3.8) is 0 Å². The molecule has 0 aliphatic carbocycles. The van der Waals surface area contributed by atoms with Gasteiger partial charge in [0.05, 0.1) is 4.90 Å². The first-order valence-corrected chi connectivity index (χ1v) is 11.2. The van der Waals surface area contributed by atoms with Gasteiger partial charge in [0.1, 0.15) is 6.04 Å². The third-order valence-electron chi connectivity index (χ3n) is 4.37. The van der Waals surface area contributed by atoms with Gasteiger partial charge in [0.25, 0.3) is 5.91 Å². The molecule has 1 saturated heterocycles. The van der Waals surface area contributed by atoms with Crippen LogP contribution in [0.1, 0.15) is 35.2 Å². The van der Waals surface area contributed by atoms with Crippen LogP contribution in [-0.4, -0.2) is 60.8 Å². The summed E-state index contributed by atoms with van der Waals surface area (Å²) in [5, 5.41) is 11.8. The van der Waals surface area contributed by atoms with Crippen LogP contribution in [0.3, 0.4) is 0 Å². The quantitative estimate of drug-likeness (QED) is 0.689. The first-order valence-electron chi connectivity index (χ1n) is 8.40. The van der Waals surface area contributed by atoms with E-state index in [0.717, 1.165) is 12.8 Å². The van der Waals surface area contributed by atoms with Crippen molar-refractivity contribution in [1.82, 2.24) is 9.62 Å².